The van der Waals surface area contributed by atoms with E-state index in [0.29, 0.717) is 0 Å². The third-order valence-electron chi connectivity index (χ3n) is 4.06. The average Bonchev–Trinajstić information content (AvgIpc) is 2.64. The summed E-state index contributed by atoms with van der Waals surface area (Å²) in [5, 5.41) is 2.14. The van der Waals surface area contributed by atoms with Crippen LogP contribution in [0.25, 0.3) is 0 Å². The van der Waals surface area contributed by atoms with Crippen LogP contribution in [0, 0.1) is 11.8 Å². The molecule has 3 heteroatoms. The second-order valence-electron chi connectivity index (χ2n) is 5.83. The Morgan fingerprint density at radius 3 is 2.94 bits per heavy atom. The van der Waals surface area contributed by atoms with Gasteiger partial charge in [-0.25, -0.2) is 0 Å². The Labute approximate surface area is 117 Å². The summed E-state index contributed by atoms with van der Waals surface area (Å²) in [7, 11) is 0. The predicted octanol–water partition coefficient (Wildman–Crippen LogP) is 4.60. The number of halogens is 1. The number of hydrogen-bond acceptors (Lipinski definition) is 2. The van der Waals surface area contributed by atoms with Crippen molar-refractivity contribution >= 4 is 27.3 Å². The van der Waals surface area contributed by atoms with Crippen molar-refractivity contribution in [1.82, 2.24) is 0 Å². The summed E-state index contributed by atoms with van der Waals surface area (Å²) in [6.07, 6.45) is 6.06. The summed E-state index contributed by atoms with van der Waals surface area (Å²) in [6, 6.07) is 2.13. The highest BCUT2D eigenvalue weighted by molar-refractivity contribution is 9.10. The molecule has 0 bridgehead atoms. The smallest absolute Gasteiger partial charge is 0.0315 e. The van der Waals surface area contributed by atoms with Crippen LogP contribution in [0.2, 0.25) is 0 Å². The minimum atomic E-state index is 0.0283. The van der Waals surface area contributed by atoms with Crippen LogP contribution in [0.4, 0.5) is 0 Å². The maximum Gasteiger partial charge on any atom is 0.0315 e. The number of thiophene rings is 1. The lowest BCUT2D eigenvalue weighted by Crippen LogP contribution is -2.47. The van der Waals surface area contributed by atoms with Gasteiger partial charge < -0.3 is 5.73 Å². The van der Waals surface area contributed by atoms with Gasteiger partial charge in [0.15, 0.2) is 0 Å². The van der Waals surface area contributed by atoms with E-state index in [1.807, 2.05) is 11.3 Å². The highest BCUT2D eigenvalue weighted by Gasteiger charge is 2.34. The maximum absolute atomic E-state index is 6.63. The lowest BCUT2D eigenvalue weighted by Gasteiger charge is -2.39. The molecule has 0 amide bonds. The Morgan fingerprint density at radius 2 is 2.35 bits per heavy atom. The van der Waals surface area contributed by atoms with Crippen LogP contribution in [-0.2, 0) is 6.42 Å². The summed E-state index contributed by atoms with van der Waals surface area (Å²) in [4.78, 5) is 1.41. The quantitative estimate of drug-likeness (QED) is 0.867. The van der Waals surface area contributed by atoms with E-state index in [1.165, 1.54) is 35.0 Å². The van der Waals surface area contributed by atoms with Crippen LogP contribution in [0.1, 0.15) is 44.4 Å². The van der Waals surface area contributed by atoms with E-state index < -0.39 is 0 Å². The van der Waals surface area contributed by atoms with Crippen LogP contribution < -0.4 is 5.73 Å². The third-order valence-corrected chi connectivity index (χ3v) is 5.99. The molecule has 1 aliphatic carbocycles. The van der Waals surface area contributed by atoms with Crippen molar-refractivity contribution in [2.75, 3.05) is 0 Å². The largest absolute Gasteiger partial charge is 0.325 e. The molecule has 0 aliphatic heterocycles. The van der Waals surface area contributed by atoms with Crippen molar-refractivity contribution in [2.24, 2.45) is 17.6 Å². The zero-order valence-corrected chi connectivity index (χ0v) is 13.1. The molecule has 0 saturated heterocycles. The molecule has 0 spiro atoms. The van der Waals surface area contributed by atoms with E-state index in [0.717, 1.165) is 18.3 Å². The van der Waals surface area contributed by atoms with Gasteiger partial charge in [0.05, 0.1) is 0 Å². The molecule has 0 aromatic carbocycles. The second-order valence-corrected chi connectivity index (χ2v) is 7.69. The predicted molar refractivity (Wildman–Crippen MR) is 79.4 cm³/mol. The lowest BCUT2D eigenvalue weighted by molar-refractivity contribution is 0.183. The van der Waals surface area contributed by atoms with E-state index in [-0.39, 0.29) is 5.54 Å². The number of hydrogen-bond donors (Lipinski definition) is 1. The number of rotatable bonds is 3. The van der Waals surface area contributed by atoms with Gasteiger partial charge in [0, 0.05) is 21.3 Å². The van der Waals surface area contributed by atoms with Crippen molar-refractivity contribution < 1.29 is 0 Å². The van der Waals surface area contributed by atoms with E-state index in [4.69, 9.17) is 5.73 Å². The molecular formula is C14H22BrNS. The molecular weight excluding hydrogens is 294 g/mol. The van der Waals surface area contributed by atoms with Gasteiger partial charge in [0.2, 0.25) is 0 Å². The van der Waals surface area contributed by atoms with Crippen LogP contribution in [0.3, 0.4) is 0 Å². The van der Waals surface area contributed by atoms with Crippen LogP contribution in [0.5, 0.6) is 0 Å². The van der Waals surface area contributed by atoms with Crippen LogP contribution in [-0.4, -0.2) is 5.54 Å². The second kappa shape index (κ2) is 5.41. The molecule has 1 aliphatic rings. The SMILES string of the molecule is CC(C)C1CCCC(N)(Cc2sccc2Br)C1. The van der Waals surface area contributed by atoms with Crippen molar-refractivity contribution in [1.29, 1.82) is 0 Å². The van der Waals surface area contributed by atoms with Gasteiger partial charge in [-0.15, -0.1) is 11.3 Å². The van der Waals surface area contributed by atoms with E-state index in [2.05, 4.69) is 41.2 Å². The van der Waals surface area contributed by atoms with Gasteiger partial charge in [0.25, 0.3) is 0 Å². The molecule has 2 atom stereocenters. The molecule has 1 saturated carbocycles. The minimum absolute atomic E-state index is 0.0283. The molecule has 1 aromatic heterocycles. The molecule has 2 unspecified atom stereocenters. The first-order chi connectivity index (χ1) is 8.00. The first-order valence-electron chi connectivity index (χ1n) is 6.51. The molecule has 1 nitrogen and oxygen atoms in total. The Hall–Kier alpha value is 0.140. The molecule has 17 heavy (non-hydrogen) atoms. The highest BCUT2D eigenvalue weighted by Crippen LogP contribution is 2.38. The monoisotopic (exact) mass is 315 g/mol. The van der Waals surface area contributed by atoms with Crippen molar-refractivity contribution in [3.8, 4) is 0 Å². The van der Waals surface area contributed by atoms with Crippen LogP contribution in [0.15, 0.2) is 15.9 Å². The molecule has 96 valence electrons. The highest BCUT2D eigenvalue weighted by atomic mass is 79.9. The fourth-order valence-corrected chi connectivity index (χ4v) is 4.59. The molecule has 2 N–H and O–H groups in total. The summed E-state index contributed by atoms with van der Waals surface area (Å²) >= 11 is 5.44. The molecule has 0 radical (unpaired) electrons. The topological polar surface area (TPSA) is 26.0 Å². The standard InChI is InChI=1S/C14H22BrNS/c1-10(2)11-4-3-6-14(16,8-11)9-13-12(15)5-7-17-13/h5,7,10-11H,3-4,6,8-9,16H2,1-2H3. The fourth-order valence-electron chi connectivity index (χ4n) is 2.94. The fraction of sp³-hybridized carbons (Fsp3) is 0.714. The van der Waals surface area contributed by atoms with Gasteiger partial charge in [0.1, 0.15) is 0 Å². The van der Waals surface area contributed by atoms with Gasteiger partial charge >= 0.3 is 0 Å². The third kappa shape index (κ3) is 3.33. The Kier molecular flexibility index (Phi) is 4.32. The zero-order chi connectivity index (χ0) is 12.5. The molecule has 1 fully saturated rings. The molecule has 2 rings (SSSR count). The summed E-state index contributed by atoms with van der Waals surface area (Å²) < 4.78 is 1.24. The number of nitrogens with two attached hydrogens (primary N) is 1. The first kappa shape index (κ1) is 13.6. The van der Waals surface area contributed by atoms with Gasteiger partial charge in [-0.05, 0) is 52.1 Å². The summed E-state index contributed by atoms with van der Waals surface area (Å²) in [5.41, 5.74) is 6.66. The zero-order valence-electron chi connectivity index (χ0n) is 10.7. The van der Waals surface area contributed by atoms with Gasteiger partial charge in [-0.3, -0.25) is 0 Å². The minimum Gasteiger partial charge on any atom is -0.325 e. The lowest BCUT2D eigenvalue weighted by atomic mass is 9.71. The Balaban J connectivity index is 2.06. The van der Waals surface area contributed by atoms with Crippen molar-refractivity contribution in [3.05, 3.63) is 20.8 Å². The van der Waals surface area contributed by atoms with E-state index in [1.54, 1.807) is 0 Å². The molecule has 1 aromatic rings. The average molecular weight is 316 g/mol. The van der Waals surface area contributed by atoms with Crippen molar-refractivity contribution in [3.63, 3.8) is 0 Å². The van der Waals surface area contributed by atoms with Gasteiger partial charge in [-0.2, -0.15) is 0 Å². The normalized spacial score (nSPS) is 29.8. The first-order valence-corrected chi connectivity index (χ1v) is 8.18. The Bertz CT molecular complexity index is 374. The van der Waals surface area contributed by atoms with Gasteiger partial charge in [-0.1, -0.05) is 26.7 Å². The molecule has 1 heterocycles. The summed E-state index contributed by atoms with van der Waals surface area (Å²) in [6.45, 7) is 4.66. The van der Waals surface area contributed by atoms with Crippen LogP contribution >= 0.6 is 27.3 Å². The Morgan fingerprint density at radius 1 is 1.59 bits per heavy atom. The van der Waals surface area contributed by atoms with E-state index >= 15 is 0 Å². The van der Waals surface area contributed by atoms with E-state index in [9.17, 15) is 0 Å². The maximum atomic E-state index is 6.63. The van der Waals surface area contributed by atoms with Crippen molar-refractivity contribution in [2.45, 2.75) is 51.5 Å². The summed E-state index contributed by atoms with van der Waals surface area (Å²) in [5.74, 6) is 1.58.